The number of nitrogens with zero attached hydrogens (tertiary/aromatic N) is 2. The van der Waals surface area contributed by atoms with Crippen LogP contribution in [-0.2, 0) is 18.4 Å². The molecule has 0 spiro atoms. The molecule has 0 aliphatic rings. The van der Waals surface area contributed by atoms with Crippen LogP contribution in [0.25, 0.3) is 0 Å². The van der Waals surface area contributed by atoms with E-state index in [1.54, 1.807) is 19.2 Å². The molecule has 0 saturated heterocycles. The molecule has 2 aromatic carbocycles. The predicted molar refractivity (Wildman–Crippen MR) is 129 cm³/mol. The highest BCUT2D eigenvalue weighted by atomic mass is 35.5. The highest BCUT2D eigenvalue weighted by Gasteiger charge is 2.21. The molecule has 162 valence electrons. The molecule has 1 aromatic heterocycles. The zero-order chi connectivity index (χ0) is 22.4. The van der Waals surface area contributed by atoms with E-state index in [1.165, 1.54) is 11.1 Å². The summed E-state index contributed by atoms with van der Waals surface area (Å²) in [6.07, 6.45) is 0.766. The molecule has 0 aliphatic carbocycles. The van der Waals surface area contributed by atoms with Crippen molar-refractivity contribution in [2.45, 2.75) is 39.2 Å². The molecule has 4 nitrogen and oxygen atoms in total. The number of benzene rings is 2. The van der Waals surface area contributed by atoms with Crippen molar-refractivity contribution in [3.05, 3.63) is 94.3 Å². The number of rotatable bonds is 7. The molecule has 0 unspecified atom stereocenters. The third-order valence-corrected chi connectivity index (χ3v) is 5.54. The van der Waals surface area contributed by atoms with Crippen molar-refractivity contribution in [1.29, 1.82) is 0 Å². The van der Waals surface area contributed by atoms with Gasteiger partial charge < -0.3 is 10.2 Å². The Morgan fingerprint density at radius 2 is 1.65 bits per heavy atom. The SMILES string of the molecule is CNc1ccc(Cl)nc1C(=O)N(CCc1ccccc1)Cc1ccc(C(C)(C)C)cc1. The molecular weight excluding hydrogens is 406 g/mol. The first-order valence-corrected chi connectivity index (χ1v) is 10.9. The number of aromatic nitrogens is 1. The Morgan fingerprint density at radius 1 is 0.968 bits per heavy atom. The second-order valence-electron chi connectivity index (χ2n) is 8.69. The van der Waals surface area contributed by atoms with Gasteiger partial charge in [0.05, 0.1) is 5.69 Å². The summed E-state index contributed by atoms with van der Waals surface area (Å²) in [7, 11) is 1.78. The van der Waals surface area contributed by atoms with Crippen LogP contribution in [0.1, 0.15) is 48.0 Å². The monoisotopic (exact) mass is 435 g/mol. The molecule has 1 N–H and O–H groups in total. The number of nitrogens with one attached hydrogen (secondary N) is 1. The van der Waals surface area contributed by atoms with Crippen LogP contribution in [-0.4, -0.2) is 29.4 Å². The van der Waals surface area contributed by atoms with Crippen LogP contribution in [0.3, 0.4) is 0 Å². The van der Waals surface area contributed by atoms with Gasteiger partial charge in [-0.05, 0) is 40.7 Å². The van der Waals surface area contributed by atoms with Gasteiger partial charge in [-0.25, -0.2) is 4.98 Å². The highest BCUT2D eigenvalue weighted by Crippen LogP contribution is 2.24. The molecule has 0 radical (unpaired) electrons. The molecule has 0 saturated carbocycles. The molecule has 1 amide bonds. The lowest BCUT2D eigenvalue weighted by molar-refractivity contribution is 0.0740. The summed E-state index contributed by atoms with van der Waals surface area (Å²) in [5.74, 6) is -0.136. The molecule has 31 heavy (non-hydrogen) atoms. The van der Waals surface area contributed by atoms with Crippen LogP contribution >= 0.6 is 11.6 Å². The Morgan fingerprint density at radius 3 is 2.26 bits per heavy atom. The third kappa shape index (κ3) is 6.08. The van der Waals surface area contributed by atoms with Gasteiger partial charge in [-0.15, -0.1) is 0 Å². The minimum atomic E-state index is -0.136. The van der Waals surface area contributed by atoms with Gasteiger partial charge >= 0.3 is 0 Å². The summed E-state index contributed by atoms with van der Waals surface area (Å²) in [4.78, 5) is 19.7. The fraction of sp³-hybridized carbons (Fsp3) is 0.308. The van der Waals surface area contributed by atoms with Crippen molar-refractivity contribution in [3.8, 4) is 0 Å². The average molecular weight is 436 g/mol. The van der Waals surface area contributed by atoms with Crippen LogP contribution in [0.2, 0.25) is 5.15 Å². The van der Waals surface area contributed by atoms with Gasteiger partial charge in [0.1, 0.15) is 5.15 Å². The zero-order valence-corrected chi connectivity index (χ0v) is 19.4. The number of hydrogen-bond acceptors (Lipinski definition) is 3. The van der Waals surface area contributed by atoms with E-state index in [0.29, 0.717) is 29.6 Å². The number of pyridine rings is 1. The zero-order valence-electron chi connectivity index (χ0n) is 18.7. The summed E-state index contributed by atoms with van der Waals surface area (Å²) >= 11 is 6.11. The van der Waals surface area contributed by atoms with E-state index < -0.39 is 0 Å². The van der Waals surface area contributed by atoms with Crippen LogP contribution in [0, 0.1) is 0 Å². The third-order valence-electron chi connectivity index (χ3n) is 5.33. The summed E-state index contributed by atoms with van der Waals surface area (Å²) in [5, 5.41) is 3.36. The molecule has 0 aliphatic heterocycles. The largest absolute Gasteiger partial charge is 0.386 e. The van der Waals surface area contributed by atoms with Crippen molar-refractivity contribution in [1.82, 2.24) is 9.88 Å². The lowest BCUT2D eigenvalue weighted by Crippen LogP contribution is -2.33. The first-order valence-electron chi connectivity index (χ1n) is 10.5. The molecule has 3 rings (SSSR count). The van der Waals surface area contributed by atoms with Crippen molar-refractivity contribution >= 4 is 23.2 Å². The first kappa shape index (κ1) is 22.8. The van der Waals surface area contributed by atoms with E-state index in [2.05, 4.69) is 67.5 Å². The molecule has 5 heteroatoms. The number of hydrogen-bond donors (Lipinski definition) is 1. The fourth-order valence-corrected chi connectivity index (χ4v) is 3.59. The molecule has 0 fully saturated rings. The van der Waals surface area contributed by atoms with E-state index in [-0.39, 0.29) is 11.3 Å². The van der Waals surface area contributed by atoms with E-state index >= 15 is 0 Å². The molecule has 0 bridgehead atoms. The normalized spacial score (nSPS) is 11.3. The standard InChI is InChI=1S/C26H30ClN3O/c1-26(2,3)21-12-10-20(11-13-21)18-30(17-16-19-8-6-5-7-9-19)25(31)24-22(28-4)14-15-23(27)29-24/h5-15,28H,16-18H2,1-4H3. The second-order valence-corrected chi connectivity index (χ2v) is 9.08. The van der Waals surface area contributed by atoms with Crippen LogP contribution < -0.4 is 5.32 Å². The lowest BCUT2D eigenvalue weighted by atomic mass is 9.87. The van der Waals surface area contributed by atoms with Gasteiger partial charge in [0.15, 0.2) is 5.69 Å². The van der Waals surface area contributed by atoms with E-state index in [0.717, 1.165) is 12.0 Å². The van der Waals surface area contributed by atoms with Crippen LogP contribution in [0.4, 0.5) is 5.69 Å². The van der Waals surface area contributed by atoms with Crippen LogP contribution in [0.15, 0.2) is 66.7 Å². The van der Waals surface area contributed by atoms with Crippen molar-refractivity contribution in [2.24, 2.45) is 0 Å². The highest BCUT2D eigenvalue weighted by molar-refractivity contribution is 6.29. The van der Waals surface area contributed by atoms with Gasteiger partial charge in [0.25, 0.3) is 5.91 Å². The molecule has 3 aromatic rings. The van der Waals surface area contributed by atoms with Gasteiger partial charge in [0.2, 0.25) is 0 Å². The maximum absolute atomic E-state index is 13.5. The number of carbonyl (C=O) groups is 1. The van der Waals surface area contributed by atoms with Crippen molar-refractivity contribution in [3.63, 3.8) is 0 Å². The van der Waals surface area contributed by atoms with E-state index in [9.17, 15) is 4.79 Å². The summed E-state index contributed by atoms with van der Waals surface area (Å²) in [5.41, 5.74) is 4.65. The van der Waals surface area contributed by atoms with Gasteiger partial charge in [-0.1, -0.05) is 87.0 Å². The maximum Gasteiger partial charge on any atom is 0.274 e. The van der Waals surface area contributed by atoms with E-state index in [1.807, 2.05) is 23.1 Å². The average Bonchev–Trinajstić information content (AvgIpc) is 2.76. The second kappa shape index (κ2) is 9.97. The Bertz CT molecular complexity index is 1010. The number of halogens is 1. The van der Waals surface area contributed by atoms with Gasteiger partial charge in [-0.3, -0.25) is 4.79 Å². The maximum atomic E-state index is 13.5. The van der Waals surface area contributed by atoms with E-state index in [4.69, 9.17) is 11.6 Å². The summed E-state index contributed by atoms with van der Waals surface area (Å²) in [6.45, 7) is 7.68. The topological polar surface area (TPSA) is 45.2 Å². The summed E-state index contributed by atoms with van der Waals surface area (Å²) in [6, 6.07) is 22.2. The number of amides is 1. The lowest BCUT2D eigenvalue weighted by Gasteiger charge is -2.25. The fourth-order valence-electron chi connectivity index (χ4n) is 3.44. The Balaban J connectivity index is 1.87. The Kier molecular flexibility index (Phi) is 7.34. The Labute approximate surface area is 190 Å². The van der Waals surface area contributed by atoms with Crippen molar-refractivity contribution < 1.29 is 4.79 Å². The predicted octanol–water partition coefficient (Wildman–Crippen LogP) is 5.96. The quantitative estimate of drug-likeness (QED) is 0.466. The minimum Gasteiger partial charge on any atom is -0.386 e. The molecular formula is C26H30ClN3O. The number of anilines is 1. The molecule has 0 atom stereocenters. The smallest absolute Gasteiger partial charge is 0.274 e. The number of carbonyl (C=O) groups excluding carboxylic acids is 1. The van der Waals surface area contributed by atoms with Gasteiger partial charge in [-0.2, -0.15) is 0 Å². The summed E-state index contributed by atoms with van der Waals surface area (Å²) < 4.78 is 0. The van der Waals surface area contributed by atoms with Crippen molar-refractivity contribution in [2.75, 3.05) is 18.9 Å². The first-order chi connectivity index (χ1) is 14.8. The van der Waals surface area contributed by atoms with Gasteiger partial charge in [0, 0.05) is 20.1 Å². The minimum absolute atomic E-state index is 0.0910. The molecule has 1 heterocycles. The van der Waals surface area contributed by atoms with Crippen LogP contribution in [0.5, 0.6) is 0 Å². The Hall–Kier alpha value is -2.85.